The predicted molar refractivity (Wildman–Crippen MR) is 183 cm³/mol. The highest BCUT2D eigenvalue weighted by molar-refractivity contribution is 5.96. The largest absolute Gasteiger partial charge is 0.494 e. The molecule has 8 heteroatoms. The standard InChI is InChI=1S/C23H17NO4.C15H14O3.CH4/c25-22(26)15-27-18-10-6-9-17(13-18)19-11-4-5-12-20(19)23-24-21(14-28-23)16-7-2-1-3-8-16;1-2-18-12-7-5-6-11(10-12)13-8-3-4-9-14(13)15(16)17;/h1-14H,15H2,(H,25,26);3-10H,2H2,1H3,(H,16,17);1H4. The molecule has 6 rings (SSSR count). The minimum Gasteiger partial charge on any atom is -0.494 e. The van der Waals surface area contributed by atoms with Crippen molar-refractivity contribution >= 4 is 11.9 Å². The van der Waals surface area contributed by atoms with E-state index >= 15 is 0 Å². The fourth-order valence-electron chi connectivity index (χ4n) is 4.80. The molecule has 8 nitrogen and oxygen atoms in total. The first-order chi connectivity index (χ1) is 22.4. The van der Waals surface area contributed by atoms with Gasteiger partial charge in [-0.05, 0) is 65.6 Å². The lowest BCUT2D eigenvalue weighted by atomic mass is 9.99. The van der Waals surface area contributed by atoms with Crippen LogP contribution >= 0.6 is 0 Å². The van der Waals surface area contributed by atoms with Crippen molar-refractivity contribution in [3.8, 4) is 56.5 Å². The maximum Gasteiger partial charge on any atom is 0.341 e. The summed E-state index contributed by atoms with van der Waals surface area (Å²) in [6.07, 6.45) is 1.65. The second kappa shape index (κ2) is 16.2. The first-order valence-electron chi connectivity index (χ1n) is 14.5. The van der Waals surface area contributed by atoms with E-state index in [0.29, 0.717) is 29.4 Å². The van der Waals surface area contributed by atoms with Crippen LogP contribution in [0.5, 0.6) is 11.5 Å². The van der Waals surface area contributed by atoms with E-state index in [4.69, 9.17) is 24.1 Å². The van der Waals surface area contributed by atoms with Crippen LogP contribution in [0.15, 0.2) is 138 Å². The Morgan fingerprint density at radius 2 is 1.21 bits per heavy atom. The first-order valence-corrected chi connectivity index (χ1v) is 14.5. The van der Waals surface area contributed by atoms with Crippen molar-refractivity contribution in [2.75, 3.05) is 13.2 Å². The number of ether oxygens (including phenoxy) is 2. The third-order valence-corrected chi connectivity index (χ3v) is 6.85. The highest BCUT2D eigenvalue weighted by atomic mass is 16.5. The van der Waals surface area contributed by atoms with E-state index < -0.39 is 11.9 Å². The fraction of sp³-hybridized carbons (Fsp3) is 0.103. The van der Waals surface area contributed by atoms with Crippen molar-refractivity contribution in [1.82, 2.24) is 4.98 Å². The van der Waals surface area contributed by atoms with Crippen molar-refractivity contribution in [2.45, 2.75) is 14.4 Å². The average Bonchev–Trinajstić information content (AvgIpc) is 3.59. The number of aromatic nitrogens is 1. The Balaban J connectivity index is 0.000000229. The van der Waals surface area contributed by atoms with Crippen LogP contribution in [0.4, 0.5) is 0 Å². The molecule has 47 heavy (non-hydrogen) atoms. The fourth-order valence-corrected chi connectivity index (χ4v) is 4.80. The number of nitrogens with zero attached hydrogens (tertiary/aromatic N) is 1. The maximum absolute atomic E-state index is 11.2. The molecule has 5 aromatic carbocycles. The van der Waals surface area contributed by atoms with Gasteiger partial charge in [-0.25, -0.2) is 14.6 Å². The molecule has 0 saturated carbocycles. The lowest BCUT2D eigenvalue weighted by molar-refractivity contribution is -0.139. The molecule has 2 N–H and O–H groups in total. The summed E-state index contributed by atoms with van der Waals surface area (Å²) < 4.78 is 16.5. The maximum atomic E-state index is 11.2. The molecule has 0 saturated heterocycles. The van der Waals surface area contributed by atoms with Gasteiger partial charge in [-0.3, -0.25) is 0 Å². The van der Waals surface area contributed by atoms with E-state index in [1.807, 2.05) is 110 Å². The molecule has 0 spiro atoms. The van der Waals surface area contributed by atoms with E-state index in [1.165, 1.54) is 0 Å². The summed E-state index contributed by atoms with van der Waals surface area (Å²) in [7, 11) is 0. The molecule has 0 bridgehead atoms. The Morgan fingerprint density at radius 1 is 0.660 bits per heavy atom. The summed E-state index contributed by atoms with van der Waals surface area (Å²) in [5.74, 6) is -0.181. The van der Waals surface area contributed by atoms with Gasteiger partial charge in [0.15, 0.2) is 6.61 Å². The van der Waals surface area contributed by atoms with Gasteiger partial charge < -0.3 is 24.1 Å². The Morgan fingerprint density at radius 3 is 1.85 bits per heavy atom. The van der Waals surface area contributed by atoms with E-state index in [0.717, 1.165) is 39.3 Å². The Bertz CT molecular complexity index is 1930. The monoisotopic (exact) mass is 629 g/mol. The minimum atomic E-state index is -1.01. The van der Waals surface area contributed by atoms with Crippen LogP contribution in [0, 0.1) is 0 Å². The average molecular weight is 630 g/mol. The number of hydrogen-bond acceptors (Lipinski definition) is 6. The molecule has 0 aliphatic heterocycles. The van der Waals surface area contributed by atoms with Gasteiger partial charge in [0.25, 0.3) is 0 Å². The molecule has 1 heterocycles. The quantitative estimate of drug-likeness (QED) is 0.154. The molecule has 1 aromatic heterocycles. The van der Waals surface area contributed by atoms with Gasteiger partial charge in [-0.2, -0.15) is 0 Å². The van der Waals surface area contributed by atoms with Crippen molar-refractivity contribution in [3.63, 3.8) is 0 Å². The summed E-state index contributed by atoms with van der Waals surface area (Å²) in [4.78, 5) is 26.6. The second-order valence-electron chi connectivity index (χ2n) is 9.97. The molecular weight excluding hydrogens is 594 g/mol. The second-order valence-corrected chi connectivity index (χ2v) is 9.97. The van der Waals surface area contributed by atoms with Gasteiger partial charge in [0.05, 0.1) is 12.2 Å². The van der Waals surface area contributed by atoms with Crippen LogP contribution in [0.3, 0.4) is 0 Å². The number of carboxylic acid groups (broad SMARTS) is 2. The normalized spacial score (nSPS) is 10.1. The molecule has 0 radical (unpaired) electrons. The van der Waals surface area contributed by atoms with Crippen LogP contribution in [-0.4, -0.2) is 40.3 Å². The molecule has 0 amide bonds. The summed E-state index contributed by atoms with van der Waals surface area (Å²) in [5.41, 5.74) is 6.25. The molecule has 0 aliphatic rings. The number of hydrogen-bond donors (Lipinski definition) is 2. The molecule has 6 aromatic rings. The van der Waals surface area contributed by atoms with E-state index in [2.05, 4.69) is 4.98 Å². The zero-order valence-electron chi connectivity index (χ0n) is 25.0. The minimum absolute atomic E-state index is 0. The van der Waals surface area contributed by atoms with Crippen LogP contribution < -0.4 is 9.47 Å². The molecule has 0 atom stereocenters. The van der Waals surface area contributed by atoms with Crippen molar-refractivity contribution in [1.29, 1.82) is 0 Å². The lowest BCUT2D eigenvalue weighted by Crippen LogP contribution is -2.09. The number of benzene rings is 5. The summed E-state index contributed by atoms with van der Waals surface area (Å²) in [6.45, 7) is 2.12. The van der Waals surface area contributed by atoms with Crippen molar-refractivity contribution in [3.05, 3.63) is 139 Å². The lowest BCUT2D eigenvalue weighted by Gasteiger charge is -2.09. The van der Waals surface area contributed by atoms with E-state index in [9.17, 15) is 9.59 Å². The summed E-state index contributed by atoms with van der Waals surface area (Å²) in [6, 6.07) is 39.3. The van der Waals surface area contributed by atoms with Gasteiger partial charge in [0.1, 0.15) is 23.5 Å². The van der Waals surface area contributed by atoms with Crippen LogP contribution in [-0.2, 0) is 4.79 Å². The van der Waals surface area contributed by atoms with Gasteiger partial charge in [0, 0.05) is 11.1 Å². The topological polar surface area (TPSA) is 119 Å². The predicted octanol–water partition coefficient (Wildman–Crippen LogP) is 9.23. The summed E-state index contributed by atoms with van der Waals surface area (Å²) >= 11 is 0. The number of carbonyl (C=O) groups is 2. The van der Waals surface area contributed by atoms with Gasteiger partial charge in [-0.1, -0.05) is 98.4 Å². The van der Waals surface area contributed by atoms with Crippen molar-refractivity contribution in [2.24, 2.45) is 0 Å². The van der Waals surface area contributed by atoms with Gasteiger partial charge >= 0.3 is 11.9 Å². The molecule has 0 unspecified atom stereocenters. The van der Waals surface area contributed by atoms with Gasteiger partial charge in [0.2, 0.25) is 5.89 Å². The zero-order valence-corrected chi connectivity index (χ0v) is 25.0. The molecule has 238 valence electrons. The highest BCUT2D eigenvalue weighted by Crippen LogP contribution is 2.34. The highest BCUT2D eigenvalue weighted by Gasteiger charge is 2.14. The number of carboxylic acids is 2. The van der Waals surface area contributed by atoms with Crippen LogP contribution in [0.1, 0.15) is 24.7 Å². The zero-order chi connectivity index (χ0) is 32.3. The van der Waals surface area contributed by atoms with E-state index in [-0.39, 0.29) is 14.0 Å². The van der Waals surface area contributed by atoms with Crippen LogP contribution in [0.2, 0.25) is 0 Å². The number of oxazole rings is 1. The third-order valence-electron chi connectivity index (χ3n) is 6.85. The smallest absolute Gasteiger partial charge is 0.341 e. The number of aliphatic carboxylic acids is 1. The molecule has 0 fully saturated rings. The Hall–Kier alpha value is -6.15. The number of rotatable bonds is 10. The van der Waals surface area contributed by atoms with E-state index in [1.54, 1.807) is 30.5 Å². The third kappa shape index (κ3) is 8.73. The Labute approximate surface area is 273 Å². The molecule has 0 aliphatic carbocycles. The first kappa shape index (κ1) is 33.7. The summed E-state index contributed by atoms with van der Waals surface area (Å²) in [5, 5.41) is 18.0. The Kier molecular flexibility index (Phi) is 11.7. The number of aromatic carboxylic acids is 1. The van der Waals surface area contributed by atoms with Crippen LogP contribution in [0.25, 0.3) is 45.0 Å². The molecular formula is C39H35NO7. The van der Waals surface area contributed by atoms with Crippen molar-refractivity contribution < 1.29 is 33.7 Å². The van der Waals surface area contributed by atoms with Gasteiger partial charge in [-0.15, -0.1) is 0 Å². The SMILES string of the molecule is C.CCOc1cccc(-c2ccccc2C(=O)O)c1.O=C(O)COc1cccc(-c2ccccc2-c2nc(-c3ccccc3)co2)c1.